The first kappa shape index (κ1) is 25.5. The van der Waals surface area contributed by atoms with E-state index in [1.54, 1.807) is 0 Å². The molecule has 1 saturated carbocycles. The normalized spacial score (nSPS) is 16.2. The Kier molecular flexibility index (Phi) is 9.84. The van der Waals surface area contributed by atoms with Gasteiger partial charge in [-0.25, -0.2) is 0 Å². The Bertz CT molecular complexity index is 921. The van der Waals surface area contributed by atoms with Gasteiger partial charge in [0.2, 0.25) is 6.29 Å². The lowest BCUT2D eigenvalue weighted by Crippen LogP contribution is -2.25. The molecule has 3 aromatic rings. The molecule has 0 radical (unpaired) electrons. The van der Waals surface area contributed by atoms with Crippen LogP contribution in [-0.2, 0) is 4.74 Å². The predicted octanol–water partition coefficient (Wildman–Crippen LogP) is 9.11. The minimum Gasteiger partial charge on any atom is -0.465 e. The van der Waals surface area contributed by atoms with Crippen molar-refractivity contribution in [1.82, 2.24) is 0 Å². The van der Waals surface area contributed by atoms with Crippen molar-refractivity contribution < 1.29 is 9.47 Å². The molecule has 0 aliphatic heterocycles. The van der Waals surface area contributed by atoms with E-state index in [0.29, 0.717) is 5.92 Å². The fourth-order valence-electron chi connectivity index (χ4n) is 5.28. The van der Waals surface area contributed by atoms with Gasteiger partial charge in [-0.3, -0.25) is 0 Å². The number of ether oxygens (including phenoxy) is 2. The molecule has 0 spiro atoms. The van der Waals surface area contributed by atoms with E-state index in [2.05, 4.69) is 98.8 Å². The molecule has 35 heavy (non-hydrogen) atoms. The predicted molar refractivity (Wildman–Crippen MR) is 146 cm³/mol. The van der Waals surface area contributed by atoms with Crippen LogP contribution < -0.4 is 4.74 Å². The maximum absolute atomic E-state index is 6.52. The fourth-order valence-corrected chi connectivity index (χ4v) is 5.28. The second-order valence-electron chi connectivity index (χ2n) is 10.2. The highest BCUT2D eigenvalue weighted by Crippen LogP contribution is 2.32. The average molecular weight is 471 g/mol. The second kappa shape index (κ2) is 13.5. The molecule has 186 valence electrons. The van der Waals surface area contributed by atoms with Gasteiger partial charge >= 0.3 is 0 Å². The molecule has 2 nitrogen and oxygen atoms in total. The van der Waals surface area contributed by atoms with Crippen molar-refractivity contribution >= 4 is 0 Å². The van der Waals surface area contributed by atoms with Gasteiger partial charge in [0.1, 0.15) is 5.75 Å². The lowest BCUT2D eigenvalue weighted by molar-refractivity contribution is -0.0903. The van der Waals surface area contributed by atoms with Crippen molar-refractivity contribution in [3.63, 3.8) is 0 Å². The maximum Gasteiger partial charge on any atom is 0.200 e. The largest absolute Gasteiger partial charge is 0.465 e. The van der Waals surface area contributed by atoms with Gasteiger partial charge < -0.3 is 9.47 Å². The molecule has 3 aromatic carbocycles. The third-order valence-electron chi connectivity index (χ3n) is 7.72. The first-order valence-electron chi connectivity index (χ1n) is 13.7. The van der Waals surface area contributed by atoms with Gasteiger partial charge in [-0.1, -0.05) is 119 Å². The Morgan fingerprint density at radius 1 is 0.743 bits per heavy atom. The summed E-state index contributed by atoms with van der Waals surface area (Å²) in [5.74, 6) is 2.47. The average Bonchev–Trinajstić information content (AvgIpc) is 2.93. The molecule has 0 heterocycles. The van der Waals surface area contributed by atoms with E-state index < -0.39 is 0 Å². The number of benzene rings is 3. The first-order valence-corrected chi connectivity index (χ1v) is 13.7. The van der Waals surface area contributed by atoms with Gasteiger partial charge in [-0.15, -0.1) is 0 Å². The highest BCUT2D eigenvalue weighted by molar-refractivity contribution is 5.33. The van der Waals surface area contributed by atoms with E-state index in [0.717, 1.165) is 37.5 Å². The van der Waals surface area contributed by atoms with E-state index in [1.807, 2.05) is 0 Å². The van der Waals surface area contributed by atoms with Crippen LogP contribution in [0, 0.1) is 5.92 Å². The number of rotatable bonds is 12. The lowest BCUT2D eigenvalue weighted by Gasteiger charge is -2.27. The van der Waals surface area contributed by atoms with Crippen LogP contribution in [-0.4, -0.2) is 12.9 Å². The molecule has 0 bridgehead atoms. The molecule has 4 rings (SSSR count). The zero-order valence-corrected chi connectivity index (χ0v) is 21.6. The Labute approximate surface area is 212 Å². The van der Waals surface area contributed by atoms with Crippen molar-refractivity contribution in [3.8, 4) is 5.75 Å². The van der Waals surface area contributed by atoms with Gasteiger partial charge in [0.05, 0.1) is 6.61 Å². The molecule has 2 unspecified atom stereocenters. The standard InChI is InChI=1S/C33H42O2/c1-3-26(2)28-19-21-31(22-20-28)35-33(34-24-23-27-13-7-4-8-14-27)25-32(29-15-9-5-10-16-29)30-17-11-6-12-18-30/h5-6,9-12,15-22,26-27,32-33H,3-4,7-8,13-14,23-25H2,1-2H3. The van der Waals surface area contributed by atoms with E-state index in [9.17, 15) is 0 Å². The second-order valence-corrected chi connectivity index (χ2v) is 10.2. The van der Waals surface area contributed by atoms with Crippen molar-refractivity contribution in [2.75, 3.05) is 6.61 Å². The smallest absolute Gasteiger partial charge is 0.200 e. The van der Waals surface area contributed by atoms with Gasteiger partial charge in [-0.05, 0) is 53.5 Å². The van der Waals surface area contributed by atoms with Crippen molar-refractivity contribution in [2.24, 2.45) is 5.92 Å². The molecule has 1 aliphatic rings. The molecule has 0 aromatic heterocycles. The summed E-state index contributed by atoms with van der Waals surface area (Å²) in [6, 6.07) is 30.2. The molecule has 0 amide bonds. The van der Waals surface area contributed by atoms with Crippen LogP contribution in [0.3, 0.4) is 0 Å². The summed E-state index contributed by atoms with van der Waals surface area (Å²) < 4.78 is 13.0. The number of hydrogen-bond acceptors (Lipinski definition) is 2. The summed E-state index contributed by atoms with van der Waals surface area (Å²) in [6.45, 7) is 5.27. The molecular formula is C33H42O2. The molecular weight excluding hydrogens is 428 g/mol. The Hall–Kier alpha value is -2.58. The van der Waals surface area contributed by atoms with Crippen LogP contribution in [0.5, 0.6) is 5.75 Å². The van der Waals surface area contributed by atoms with Gasteiger partial charge in [0.25, 0.3) is 0 Å². The SMILES string of the molecule is CCC(C)c1ccc(OC(CC(c2ccccc2)c2ccccc2)OCCC2CCCCC2)cc1. The molecule has 0 N–H and O–H groups in total. The van der Waals surface area contributed by atoms with E-state index in [-0.39, 0.29) is 12.2 Å². The fraction of sp³-hybridized carbons (Fsp3) is 0.455. The quantitative estimate of drug-likeness (QED) is 0.246. The third kappa shape index (κ3) is 7.70. The monoisotopic (exact) mass is 470 g/mol. The summed E-state index contributed by atoms with van der Waals surface area (Å²) in [5, 5.41) is 0. The topological polar surface area (TPSA) is 18.5 Å². The summed E-state index contributed by atoms with van der Waals surface area (Å²) >= 11 is 0. The third-order valence-corrected chi connectivity index (χ3v) is 7.72. The summed E-state index contributed by atoms with van der Waals surface area (Å²) in [7, 11) is 0. The van der Waals surface area contributed by atoms with Crippen molar-refractivity contribution in [3.05, 3.63) is 102 Å². The highest BCUT2D eigenvalue weighted by atomic mass is 16.7. The summed E-state index contributed by atoms with van der Waals surface area (Å²) in [6.07, 6.45) is 9.60. The van der Waals surface area contributed by atoms with Gasteiger partial charge in [0, 0.05) is 12.3 Å². The minimum absolute atomic E-state index is 0.219. The summed E-state index contributed by atoms with van der Waals surface area (Å²) in [5.41, 5.74) is 3.96. The molecule has 0 saturated heterocycles. The van der Waals surface area contributed by atoms with Gasteiger partial charge in [-0.2, -0.15) is 0 Å². The Balaban J connectivity index is 1.50. The zero-order valence-electron chi connectivity index (χ0n) is 21.6. The Morgan fingerprint density at radius 2 is 1.34 bits per heavy atom. The lowest BCUT2D eigenvalue weighted by atomic mass is 9.87. The molecule has 2 atom stereocenters. The van der Waals surface area contributed by atoms with Crippen LogP contribution in [0.1, 0.15) is 93.7 Å². The minimum atomic E-state index is -0.293. The van der Waals surface area contributed by atoms with E-state index >= 15 is 0 Å². The highest BCUT2D eigenvalue weighted by Gasteiger charge is 2.23. The van der Waals surface area contributed by atoms with Crippen LogP contribution >= 0.6 is 0 Å². The van der Waals surface area contributed by atoms with Crippen LogP contribution in [0.15, 0.2) is 84.9 Å². The van der Waals surface area contributed by atoms with Crippen LogP contribution in [0.4, 0.5) is 0 Å². The Morgan fingerprint density at radius 3 is 1.91 bits per heavy atom. The van der Waals surface area contributed by atoms with E-state index in [1.165, 1.54) is 48.8 Å². The van der Waals surface area contributed by atoms with Crippen LogP contribution in [0.25, 0.3) is 0 Å². The molecule has 2 heteroatoms. The van der Waals surface area contributed by atoms with E-state index in [4.69, 9.17) is 9.47 Å². The van der Waals surface area contributed by atoms with Crippen molar-refractivity contribution in [2.45, 2.75) is 83.3 Å². The zero-order chi connectivity index (χ0) is 24.3. The van der Waals surface area contributed by atoms with Crippen molar-refractivity contribution in [1.29, 1.82) is 0 Å². The molecule has 1 aliphatic carbocycles. The van der Waals surface area contributed by atoms with Crippen LogP contribution in [0.2, 0.25) is 0 Å². The maximum atomic E-state index is 6.52. The van der Waals surface area contributed by atoms with Gasteiger partial charge in [0.15, 0.2) is 0 Å². The first-order chi connectivity index (χ1) is 17.2. The molecule has 1 fully saturated rings. The number of hydrogen-bond donors (Lipinski definition) is 0. The summed E-state index contributed by atoms with van der Waals surface area (Å²) in [4.78, 5) is 0.